The standard InChI is InChI=1S/C15H20FNO/c1-10-13(4-3-5-14(10)16)15(18)8-11-6-7-12(9-15)17(11)2/h3-5,11-12,18H,6-9H2,1-2H3. The quantitative estimate of drug-likeness (QED) is 0.827. The van der Waals surface area contributed by atoms with Gasteiger partial charge in [-0.25, -0.2) is 4.39 Å². The van der Waals surface area contributed by atoms with Crippen molar-refractivity contribution in [2.75, 3.05) is 7.05 Å². The molecule has 0 amide bonds. The van der Waals surface area contributed by atoms with Crippen LogP contribution in [0.3, 0.4) is 0 Å². The van der Waals surface area contributed by atoms with Crippen LogP contribution in [0.2, 0.25) is 0 Å². The lowest BCUT2D eigenvalue weighted by Crippen LogP contribution is -2.47. The first kappa shape index (κ1) is 12.1. The molecule has 1 N–H and O–H groups in total. The van der Waals surface area contributed by atoms with Gasteiger partial charge in [-0.2, -0.15) is 0 Å². The first-order valence-corrected chi connectivity index (χ1v) is 6.71. The van der Waals surface area contributed by atoms with Crippen LogP contribution in [-0.2, 0) is 5.60 Å². The molecule has 2 aliphatic rings. The van der Waals surface area contributed by atoms with Crippen LogP contribution < -0.4 is 0 Å². The number of nitrogens with zero attached hydrogens (tertiary/aromatic N) is 1. The van der Waals surface area contributed by atoms with E-state index in [2.05, 4.69) is 11.9 Å². The van der Waals surface area contributed by atoms with Gasteiger partial charge in [0.25, 0.3) is 0 Å². The van der Waals surface area contributed by atoms with Crippen molar-refractivity contribution in [1.82, 2.24) is 4.90 Å². The Kier molecular flexibility index (Phi) is 2.72. The van der Waals surface area contributed by atoms with Crippen LogP contribution >= 0.6 is 0 Å². The molecule has 2 aliphatic heterocycles. The Bertz CT molecular complexity index is 460. The van der Waals surface area contributed by atoms with Crippen LogP contribution in [0.25, 0.3) is 0 Å². The van der Waals surface area contributed by atoms with E-state index in [4.69, 9.17) is 0 Å². The van der Waals surface area contributed by atoms with Crippen molar-refractivity contribution in [3.8, 4) is 0 Å². The predicted molar refractivity (Wildman–Crippen MR) is 68.8 cm³/mol. The first-order valence-electron chi connectivity index (χ1n) is 6.71. The summed E-state index contributed by atoms with van der Waals surface area (Å²) in [6, 6.07) is 5.93. The van der Waals surface area contributed by atoms with Gasteiger partial charge in [0.15, 0.2) is 0 Å². The number of fused-ring (bicyclic) bond motifs is 2. The van der Waals surface area contributed by atoms with E-state index in [9.17, 15) is 9.50 Å². The van der Waals surface area contributed by atoms with Crippen molar-refractivity contribution in [2.24, 2.45) is 0 Å². The number of aliphatic hydroxyl groups is 1. The van der Waals surface area contributed by atoms with Crippen molar-refractivity contribution in [1.29, 1.82) is 0 Å². The minimum atomic E-state index is -0.843. The number of hydrogen-bond donors (Lipinski definition) is 1. The summed E-state index contributed by atoms with van der Waals surface area (Å²) in [4.78, 5) is 2.38. The molecule has 0 saturated carbocycles. The molecule has 3 rings (SSSR count). The second-order valence-electron chi connectivity index (χ2n) is 5.90. The fourth-order valence-electron chi connectivity index (χ4n) is 3.78. The number of hydrogen-bond acceptors (Lipinski definition) is 2. The van der Waals surface area contributed by atoms with Crippen LogP contribution in [0.5, 0.6) is 0 Å². The van der Waals surface area contributed by atoms with Crippen LogP contribution in [0, 0.1) is 12.7 Å². The average molecular weight is 249 g/mol. The maximum absolute atomic E-state index is 13.7. The lowest BCUT2D eigenvalue weighted by Gasteiger charge is -2.43. The highest BCUT2D eigenvalue weighted by molar-refractivity contribution is 5.34. The normalized spacial score (nSPS) is 36.0. The molecule has 3 heteroatoms. The summed E-state index contributed by atoms with van der Waals surface area (Å²) in [5, 5.41) is 11.0. The second-order valence-corrected chi connectivity index (χ2v) is 5.90. The zero-order valence-electron chi connectivity index (χ0n) is 11.0. The third-order valence-corrected chi connectivity index (χ3v) is 4.90. The number of piperidine rings is 1. The molecule has 98 valence electrons. The van der Waals surface area contributed by atoms with Gasteiger partial charge in [0, 0.05) is 12.1 Å². The Hall–Kier alpha value is -0.930. The molecule has 2 bridgehead atoms. The van der Waals surface area contributed by atoms with Crippen LogP contribution in [0.15, 0.2) is 18.2 Å². The molecule has 0 spiro atoms. The lowest BCUT2D eigenvalue weighted by molar-refractivity contribution is -0.0499. The Morgan fingerprint density at radius 2 is 1.89 bits per heavy atom. The van der Waals surface area contributed by atoms with E-state index >= 15 is 0 Å². The Morgan fingerprint density at radius 3 is 2.50 bits per heavy atom. The smallest absolute Gasteiger partial charge is 0.126 e. The fourth-order valence-corrected chi connectivity index (χ4v) is 3.78. The molecule has 2 heterocycles. The summed E-state index contributed by atoms with van der Waals surface area (Å²) in [6.07, 6.45) is 3.75. The summed E-state index contributed by atoms with van der Waals surface area (Å²) >= 11 is 0. The maximum atomic E-state index is 13.7. The van der Waals surface area contributed by atoms with Crippen LogP contribution in [0.1, 0.15) is 36.8 Å². The van der Waals surface area contributed by atoms with Gasteiger partial charge in [-0.3, -0.25) is 0 Å². The van der Waals surface area contributed by atoms with Gasteiger partial charge in [-0.05, 0) is 56.8 Å². The van der Waals surface area contributed by atoms with Crippen molar-refractivity contribution in [3.05, 3.63) is 35.1 Å². The number of halogens is 1. The van der Waals surface area contributed by atoms with Crippen molar-refractivity contribution < 1.29 is 9.50 Å². The predicted octanol–water partition coefficient (Wildman–Crippen LogP) is 2.58. The van der Waals surface area contributed by atoms with Gasteiger partial charge >= 0.3 is 0 Å². The van der Waals surface area contributed by atoms with E-state index in [-0.39, 0.29) is 5.82 Å². The van der Waals surface area contributed by atoms with E-state index in [0.29, 0.717) is 17.6 Å². The van der Waals surface area contributed by atoms with Crippen molar-refractivity contribution in [3.63, 3.8) is 0 Å². The van der Waals surface area contributed by atoms with Gasteiger partial charge < -0.3 is 10.0 Å². The van der Waals surface area contributed by atoms with Crippen molar-refractivity contribution >= 4 is 0 Å². The highest BCUT2D eigenvalue weighted by atomic mass is 19.1. The summed E-state index contributed by atoms with van der Waals surface area (Å²) in [7, 11) is 2.14. The monoisotopic (exact) mass is 249 g/mol. The summed E-state index contributed by atoms with van der Waals surface area (Å²) in [5.74, 6) is -0.216. The summed E-state index contributed by atoms with van der Waals surface area (Å²) < 4.78 is 13.7. The molecule has 2 atom stereocenters. The number of rotatable bonds is 1. The first-order chi connectivity index (χ1) is 8.51. The third-order valence-electron chi connectivity index (χ3n) is 4.90. The Labute approximate surface area is 107 Å². The van der Waals surface area contributed by atoms with Gasteiger partial charge in [0.2, 0.25) is 0 Å². The van der Waals surface area contributed by atoms with E-state index in [1.54, 1.807) is 13.0 Å². The van der Waals surface area contributed by atoms with Crippen molar-refractivity contribution in [2.45, 2.75) is 50.3 Å². The molecule has 2 fully saturated rings. The van der Waals surface area contributed by atoms with E-state index in [1.165, 1.54) is 6.07 Å². The topological polar surface area (TPSA) is 23.5 Å². The zero-order chi connectivity index (χ0) is 12.9. The Balaban J connectivity index is 1.99. The molecule has 1 aromatic carbocycles. The highest BCUT2D eigenvalue weighted by Crippen LogP contribution is 2.45. The maximum Gasteiger partial charge on any atom is 0.126 e. The second kappa shape index (κ2) is 4.04. The fraction of sp³-hybridized carbons (Fsp3) is 0.600. The molecule has 2 unspecified atom stereocenters. The SMILES string of the molecule is Cc1c(F)cccc1C1(O)CC2CCC(C1)N2C. The lowest BCUT2D eigenvalue weighted by atomic mass is 9.79. The minimum Gasteiger partial charge on any atom is -0.385 e. The summed E-state index contributed by atoms with van der Waals surface area (Å²) in [5.41, 5.74) is 0.543. The summed E-state index contributed by atoms with van der Waals surface area (Å²) in [6.45, 7) is 1.77. The molecule has 18 heavy (non-hydrogen) atoms. The molecule has 2 saturated heterocycles. The van der Waals surface area contributed by atoms with E-state index in [1.807, 2.05) is 6.07 Å². The molecular formula is C15H20FNO. The van der Waals surface area contributed by atoms with E-state index in [0.717, 1.165) is 31.2 Å². The van der Waals surface area contributed by atoms with Gasteiger partial charge in [-0.1, -0.05) is 12.1 Å². The minimum absolute atomic E-state index is 0.216. The molecule has 0 aliphatic carbocycles. The molecule has 0 radical (unpaired) electrons. The van der Waals surface area contributed by atoms with Gasteiger partial charge in [0.1, 0.15) is 5.82 Å². The molecule has 2 nitrogen and oxygen atoms in total. The Morgan fingerprint density at radius 1 is 1.28 bits per heavy atom. The van der Waals surface area contributed by atoms with E-state index < -0.39 is 5.60 Å². The largest absolute Gasteiger partial charge is 0.385 e. The van der Waals surface area contributed by atoms with Crippen LogP contribution in [0.4, 0.5) is 4.39 Å². The molecular weight excluding hydrogens is 229 g/mol. The number of benzene rings is 1. The van der Waals surface area contributed by atoms with Gasteiger partial charge in [0.05, 0.1) is 5.60 Å². The highest BCUT2D eigenvalue weighted by Gasteiger charge is 2.47. The zero-order valence-corrected chi connectivity index (χ0v) is 11.0. The average Bonchev–Trinajstić information content (AvgIpc) is 2.57. The third kappa shape index (κ3) is 1.69. The van der Waals surface area contributed by atoms with Gasteiger partial charge in [-0.15, -0.1) is 0 Å². The molecule has 1 aromatic rings. The molecule has 0 aromatic heterocycles. The van der Waals surface area contributed by atoms with Crippen LogP contribution in [-0.4, -0.2) is 29.1 Å².